The van der Waals surface area contributed by atoms with E-state index in [0.29, 0.717) is 28.1 Å². The number of fused-ring (bicyclic) bond motifs is 6. The second-order valence-corrected chi connectivity index (χ2v) is 8.56. The minimum atomic E-state index is -0.408. The molecule has 2 aliphatic carbocycles. The van der Waals surface area contributed by atoms with Crippen molar-refractivity contribution in [1.29, 1.82) is 21.0 Å². The van der Waals surface area contributed by atoms with Crippen molar-refractivity contribution in [2.24, 2.45) is 0 Å². The molecule has 0 spiro atoms. The molecule has 41 heavy (non-hydrogen) atoms. The molecule has 12 nitrogen and oxygen atoms in total. The third kappa shape index (κ3) is 3.88. The molecular weight excluding hydrogens is 524 g/mol. The average Bonchev–Trinajstić information content (AvgIpc) is 3.45. The zero-order valence-electron chi connectivity index (χ0n) is 21.6. The van der Waals surface area contributed by atoms with Crippen molar-refractivity contribution in [3.05, 3.63) is 81.2 Å². The summed E-state index contributed by atoms with van der Waals surface area (Å²) in [5.74, 6) is 0.0380. The van der Waals surface area contributed by atoms with E-state index in [4.69, 9.17) is 30.5 Å². The molecule has 0 N–H and O–H groups in total. The van der Waals surface area contributed by atoms with Crippen molar-refractivity contribution in [3.8, 4) is 58.3 Å². The SMILES string of the molecule is COc1ccc2c(c1OC)C(=O)c1nc(C#N)c(C#N)nc1-2.Cc1cccc2c1C(=O)c1nc(C#N)c(C#N)nc1-2. The smallest absolute Gasteiger partial charge is 0.218 e. The van der Waals surface area contributed by atoms with Crippen molar-refractivity contribution >= 4 is 11.6 Å². The standard InChI is InChI=1S/C15H8N4O3.C14H6N4O/c1-21-10-4-3-7-11(15(10)22-2)14(20)13-12(7)18-8(5-16)9(6-17)19-13;1-7-3-2-4-8-11(7)14(19)13-12(8)17-9(5-15)10(6-16)18-13/h3-4H,1-2H3;2-4H,1H3. The van der Waals surface area contributed by atoms with Crippen molar-refractivity contribution in [2.45, 2.75) is 6.92 Å². The molecule has 0 fully saturated rings. The van der Waals surface area contributed by atoms with Gasteiger partial charge in [0.05, 0.1) is 19.8 Å². The Balaban J connectivity index is 0.000000166. The minimum Gasteiger partial charge on any atom is -0.493 e. The molecule has 0 aliphatic heterocycles. The molecule has 0 atom stereocenters. The van der Waals surface area contributed by atoms with Gasteiger partial charge < -0.3 is 9.47 Å². The second-order valence-electron chi connectivity index (χ2n) is 8.56. The van der Waals surface area contributed by atoms with E-state index in [1.165, 1.54) is 14.2 Å². The number of methoxy groups -OCH3 is 2. The van der Waals surface area contributed by atoms with E-state index in [-0.39, 0.29) is 57.0 Å². The molecule has 0 unspecified atom stereocenters. The molecular formula is C29H14N8O4. The number of nitrogens with zero attached hydrogens (tertiary/aromatic N) is 8. The third-order valence-corrected chi connectivity index (χ3v) is 6.43. The summed E-state index contributed by atoms with van der Waals surface area (Å²) in [6.07, 6.45) is 0. The molecule has 2 heterocycles. The van der Waals surface area contributed by atoms with Crippen LogP contribution in [0.2, 0.25) is 0 Å². The van der Waals surface area contributed by atoms with E-state index in [1.54, 1.807) is 30.3 Å². The first-order chi connectivity index (χ1) is 19.8. The number of hydrogen-bond acceptors (Lipinski definition) is 12. The van der Waals surface area contributed by atoms with E-state index in [0.717, 1.165) is 5.56 Å². The topological polar surface area (TPSA) is 199 Å². The summed E-state index contributed by atoms with van der Waals surface area (Å²) in [4.78, 5) is 41.0. The highest BCUT2D eigenvalue weighted by atomic mass is 16.5. The van der Waals surface area contributed by atoms with Gasteiger partial charge >= 0.3 is 0 Å². The van der Waals surface area contributed by atoms with Gasteiger partial charge in [-0.2, -0.15) is 21.0 Å². The van der Waals surface area contributed by atoms with Crippen LogP contribution in [0.3, 0.4) is 0 Å². The monoisotopic (exact) mass is 538 g/mol. The number of benzene rings is 2. The van der Waals surface area contributed by atoms with Crippen LogP contribution in [0.15, 0.2) is 30.3 Å². The lowest BCUT2D eigenvalue weighted by Crippen LogP contribution is -2.05. The normalized spacial score (nSPS) is 11.3. The number of rotatable bonds is 2. The number of aromatic nitrogens is 4. The highest BCUT2D eigenvalue weighted by molar-refractivity contribution is 6.22. The Morgan fingerprint density at radius 1 is 0.610 bits per heavy atom. The van der Waals surface area contributed by atoms with E-state index >= 15 is 0 Å². The van der Waals surface area contributed by atoms with Gasteiger partial charge in [0.15, 0.2) is 34.3 Å². The summed E-state index contributed by atoms with van der Waals surface area (Å²) in [5, 5.41) is 35.9. The summed E-state index contributed by atoms with van der Waals surface area (Å²) in [7, 11) is 2.89. The van der Waals surface area contributed by atoms with Crippen molar-refractivity contribution in [3.63, 3.8) is 0 Å². The summed E-state index contributed by atoms with van der Waals surface area (Å²) in [6.45, 7) is 1.83. The molecule has 0 saturated carbocycles. The zero-order valence-corrected chi connectivity index (χ0v) is 21.6. The fourth-order valence-corrected chi connectivity index (χ4v) is 4.63. The van der Waals surface area contributed by atoms with Crippen LogP contribution in [0.1, 0.15) is 60.4 Å². The van der Waals surface area contributed by atoms with Gasteiger partial charge in [-0.3, -0.25) is 9.59 Å². The van der Waals surface area contributed by atoms with Gasteiger partial charge in [-0.25, -0.2) is 19.9 Å². The predicted octanol–water partition coefficient (Wildman–Crippen LogP) is 3.19. The third-order valence-electron chi connectivity index (χ3n) is 6.43. The van der Waals surface area contributed by atoms with Crippen LogP contribution < -0.4 is 9.47 Å². The van der Waals surface area contributed by atoms with Crippen LogP contribution in [0.5, 0.6) is 11.5 Å². The van der Waals surface area contributed by atoms with E-state index in [9.17, 15) is 9.59 Å². The fourth-order valence-electron chi connectivity index (χ4n) is 4.63. The van der Waals surface area contributed by atoms with Gasteiger partial charge in [0.2, 0.25) is 11.6 Å². The summed E-state index contributed by atoms with van der Waals surface area (Å²) < 4.78 is 10.4. The molecule has 194 valence electrons. The Labute approximate surface area is 232 Å². The number of aryl methyl sites for hydroxylation is 1. The zero-order chi connectivity index (χ0) is 29.4. The Hall–Kier alpha value is -6.50. The molecule has 2 aromatic carbocycles. The van der Waals surface area contributed by atoms with Gasteiger partial charge in [0.25, 0.3) is 0 Å². The molecule has 2 aliphatic rings. The lowest BCUT2D eigenvalue weighted by molar-refractivity contribution is 0.102. The van der Waals surface area contributed by atoms with Crippen LogP contribution >= 0.6 is 0 Å². The van der Waals surface area contributed by atoms with Crippen LogP contribution in [0.4, 0.5) is 0 Å². The Bertz CT molecular complexity index is 2020. The molecule has 0 amide bonds. The van der Waals surface area contributed by atoms with Gasteiger partial charge in [-0.15, -0.1) is 0 Å². The van der Waals surface area contributed by atoms with Gasteiger partial charge in [-0.1, -0.05) is 18.2 Å². The van der Waals surface area contributed by atoms with Crippen molar-refractivity contribution in [1.82, 2.24) is 19.9 Å². The van der Waals surface area contributed by atoms with Crippen LogP contribution in [-0.4, -0.2) is 45.7 Å². The highest BCUT2D eigenvalue weighted by Crippen LogP contribution is 2.44. The number of carbonyl (C=O) groups is 2. The number of ether oxygens (including phenoxy) is 2. The fraction of sp³-hybridized carbons (Fsp3) is 0.103. The first-order valence-corrected chi connectivity index (χ1v) is 11.7. The summed E-state index contributed by atoms with van der Waals surface area (Å²) >= 11 is 0. The van der Waals surface area contributed by atoms with Crippen molar-refractivity contribution < 1.29 is 19.1 Å². The molecule has 12 heteroatoms. The quantitative estimate of drug-likeness (QED) is 0.312. The van der Waals surface area contributed by atoms with Gasteiger partial charge in [0.1, 0.15) is 47.1 Å². The number of ketones is 2. The molecule has 0 saturated heterocycles. The average molecular weight is 538 g/mol. The number of hydrogen-bond donors (Lipinski definition) is 0. The first-order valence-electron chi connectivity index (χ1n) is 11.7. The predicted molar refractivity (Wildman–Crippen MR) is 139 cm³/mol. The molecule has 6 rings (SSSR count). The Kier molecular flexibility index (Phi) is 6.37. The second kappa shape index (κ2) is 9.99. The Morgan fingerprint density at radius 2 is 1.07 bits per heavy atom. The van der Waals surface area contributed by atoms with E-state index < -0.39 is 5.78 Å². The van der Waals surface area contributed by atoms with Gasteiger partial charge in [0, 0.05) is 16.7 Å². The Morgan fingerprint density at radius 3 is 1.54 bits per heavy atom. The summed E-state index contributed by atoms with van der Waals surface area (Å²) in [6, 6.07) is 15.9. The largest absolute Gasteiger partial charge is 0.493 e. The maximum Gasteiger partial charge on any atom is 0.218 e. The maximum absolute atomic E-state index is 12.6. The van der Waals surface area contributed by atoms with Crippen LogP contribution in [-0.2, 0) is 0 Å². The lowest BCUT2D eigenvalue weighted by atomic mass is 10.0. The summed E-state index contributed by atoms with van der Waals surface area (Å²) in [5.41, 5.74) is 3.24. The van der Waals surface area contributed by atoms with E-state index in [1.807, 2.05) is 31.2 Å². The minimum absolute atomic E-state index is 0.0390. The number of carbonyl (C=O) groups excluding carboxylic acids is 2. The van der Waals surface area contributed by atoms with Crippen LogP contribution in [0, 0.1) is 52.2 Å². The van der Waals surface area contributed by atoms with Crippen LogP contribution in [0.25, 0.3) is 22.5 Å². The highest BCUT2D eigenvalue weighted by Gasteiger charge is 2.36. The number of nitriles is 4. The van der Waals surface area contributed by atoms with Crippen molar-refractivity contribution in [2.75, 3.05) is 14.2 Å². The first kappa shape index (κ1) is 26.1. The maximum atomic E-state index is 12.6. The van der Waals surface area contributed by atoms with Gasteiger partial charge in [-0.05, 0) is 24.6 Å². The van der Waals surface area contributed by atoms with E-state index in [2.05, 4.69) is 19.9 Å². The molecule has 0 radical (unpaired) electrons. The molecule has 2 aromatic heterocycles. The molecule has 4 aromatic rings. The lowest BCUT2D eigenvalue weighted by Gasteiger charge is -2.10. The molecule has 0 bridgehead atoms.